The van der Waals surface area contributed by atoms with Crippen molar-refractivity contribution in [3.8, 4) is 5.75 Å². The molecule has 0 spiro atoms. The van der Waals surface area contributed by atoms with Gasteiger partial charge in [-0.25, -0.2) is 0 Å². The molecule has 26 heteroatoms. The van der Waals surface area contributed by atoms with Gasteiger partial charge in [-0.3, -0.25) is 57.5 Å². The van der Waals surface area contributed by atoms with E-state index in [9.17, 15) is 38.4 Å². The van der Waals surface area contributed by atoms with Crippen LogP contribution in [0.2, 0.25) is 0 Å². The molecule has 0 radical (unpaired) electrons. The highest BCUT2D eigenvalue weighted by molar-refractivity contribution is 14.1. The highest BCUT2D eigenvalue weighted by atomic mass is 127. The molecule has 3 aromatic carbocycles. The Morgan fingerprint density at radius 2 is 1.18 bits per heavy atom. The number of ether oxygens (including phenoxy) is 1. The molecule has 0 aliphatic carbocycles. The summed E-state index contributed by atoms with van der Waals surface area (Å²) in [6, 6.07) is 12.3. The van der Waals surface area contributed by atoms with Gasteiger partial charge in [0, 0.05) is 85.3 Å². The number of nitrogens with zero attached hydrogens (tertiary/aromatic N) is 8. The SMILES string of the molecule is CC[C@H](C)[C@@H]1NC(=O)[C@H](CC(C)C)N(C)C(=O)CC(C(=O)N2CCCCC2)N(C)C(=O)[C@H](CC(C)C)NC(=O)C(C)(C)N(C)C(=O)[C@H](Cc2ccccc2OC)NC(=O)[C@H](Cc2cccc(I)c2)NC(=O)CN(C)C(=O)[C@H](Cc2ccc(C)cc2)N(C)C(=O)CN(C)C(=O)CN(C)C1=O. The van der Waals surface area contributed by atoms with Crippen molar-refractivity contribution >= 4 is 93.5 Å². The molecule has 8 atom stereocenters. The molecule has 5 rings (SSSR count). The summed E-state index contributed by atoms with van der Waals surface area (Å²) in [6.07, 6.45) is 2.00. The van der Waals surface area contributed by atoms with Crippen molar-refractivity contribution in [3.63, 3.8) is 0 Å². The smallest absolute Gasteiger partial charge is 0.246 e. The molecule has 99 heavy (non-hydrogen) atoms. The van der Waals surface area contributed by atoms with Gasteiger partial charge in [0.25, 0.3) is 0 Å². The third-order valence-corrected chi connectivity index (χ3v) is 19.7. The van der Waals surface area contributed by atoms with Gasteiger partial charge in [-0.2, -0.15) is 0 Å². The first-order valence-corrected chi connectivity index (χ1v) is 35.3. The number of likely N-dealkylation sites (tertiary alicyclic amines) is 1. The standard InChI is InChI=1S/C73H107IN12O13/c1-18-48(7)64-71(97)81(12)43-62(89)79(10)44-63(90)83(14)57(39-49-31-29-47(6)30-32-49)69(95)80(11)42-60(87)75-53(38-50-25-24-27-52(74)37-50)65(91)76-55(40-51-26-20-21-28-59(51)99-17)68(94)85(16)73(8,9)72(98)77-54(35-45(2)3)67(93)84(15)58(70(96)86-33-22-19-23-34-86)41-61(88)82(13)56(36-46(4)5)66(92)78-64/h20-21,24-32,37,45-46,48,53-58,64H,18-19,22-23,33-36,38-44H2,1-17H3,(H,75,87)(H,76,91)(H,77,98)(H,78,92)/t48-,53-,54-,55-,56-,57-,58?,64-/m0/s1. The van der Waals surface area contributed by atoms with Crippen LogP contribution in [0.1, 0.15) is 123 Å². The van der Waals surface area contributed by atoms with Gasteiger partial charge in [-0.05, 0) is 128 Å². The number of aryl methyl sites for hydroxylation is 1. The summed E-state index contributed by atoms with van der Waals surface area (Å²) in [5.74, 6) is -8.74. The molecule has 2 aliphatic rings. The van der Waals surface area contributed by atoms with E-state index in [0.29, 0.717) is 54.8 Å². The minimum Gasteiger partial charge on any atom is -0.496 e. The van der Waals surface area contributed by atoms with E-state index in [-0.39, 0.29) is 43.9 Å². The topological polar surface area (TPSA) is 288 Å². The van der Waals surface area contributed by atoms with E-state index in [1.54, 1.807) is 48.2 Å². The molecular weight excluding hydrogens is 1380 g/mol. The quantitative estimate of drug-likeness (QED) is 0.165. The zero-order chi connectivity index (χ0) is 73.9. The fraction of sp³-hybridized carbons (Fsp3) is 0.589. The Labute approximate surface area is 598 Å². The molecule has 12 amide bonds. The third kappa shape index (κ3) is 22.7. The van der Waals surface area contributed by atoms with Crippen LogP contribution in [0.25, 0.3) is 0 Å². The van der Waals surface area contributed by atoms with Gasteiger partial charge in [0.15, 0.2) is 0 Å². The Balaban J connectivity index is 1.66. The van der Waals surface area contributed by atoms with Crippen LogP contribution in [0.15, 0.2) is 72.8 Å². The minimum atomic E-state index is -1.78. The molecule has 0 aromatic heterocycles. The lowest BCUT2D eigenvalue weighted by Gasteiger charge is -2.39. The maximum absolute atomic E-state index is 15.4. The van der Waals surface area contributed by atoms with Crippen LogP contribution in [0, 0.1) is 28.2 Å². The van der Waals surface area contributed by atoms with Crippen molar-refractivity contribution in [1.29, 1.82) is 0 Å². The van der Waals surface area contributed by atoms with E-state index in [1.807, 2.05) is 77.9 Å². The van der Waals surface area contributed by atoms with E-state index < -0.39 is 151 Å². The van der Waals surface area contributed by atoms with Crippen LogP contribution in [0.5, 0.6) is 5.75 Å². The first-order chi connectivity index (χ1) is 46.5. The van der Waals surface area contributed by atoms with Crippen LogP contribution >= 0.6 is 22.6 Å². The van der Waals surface area contributed by atoms with Crippen molar-refractivity contribution in [2.24, 2.45) is 17.8 Å². The number of hydrogen-bond acceptors (Lipinski definition) is 13. The maximum atomic E-state index is 15.4. The van der Waals surface area contributed by atoms with E-state index in [2.05, 4.69) is 43.9 Å². The highest BCUT2D eigenvalue weighted by Gasteiger charge is 2.44. The lowest BCUT2D eigenvalue weighted by molar-refractivity contribution is -0.152. The number of methoxy groups -OCH3 is 1. The number of halogens is 1. The van der Waals surface area contributed by atoms with E-state index >= 15 is 19.2 Å². The molecular formula is C73H107IN12O13. The van der Waals surface area contributed by atoms with Crippen LogP contribution in [-0.4, -0.2) is 247 Å². The fourth-order valence-corrected chi connectivity index (χ4v) is 12.7. The van der Waals surface area contributed by atoms with Crippen LogP contribution in [0.3, 0.4) is 0 Å². The summed E-state index contributed by atoms with van der Waals surface area (Å²) < 4.78 is 6.53. The number of piperidine rings is 1. The first kappa shape index (κ1) is 81.5. The second-order valence-corrected chi connectivity index (χ2v) is 29.3. The van der Waals surface area contributed by atoms with Crippen LogP contribution in [0.4, 0.5) is 0 Å². The number of benzene rings is 3. The number of carbonyl (C=O) groups is 12. The zero-order valence-corrected chi connectivity index (χ0v) is 63.2. The van der Waals surface area contributed by atoms with Gasteiger partial charge in [0.2, 0.25) is 70.9 Å². The number of amides is 12. The summed E-state index contributed by atoms with van der Waals surface area (Å²) in [5, 5.41) is 11.5. The lowest BCUT2D eigenvalue weighted by Crippen LogP contribution is -2.64. The Hall–Kier alpha value is -8.17. The Bertz CT molecular complexity index is 3360. The summed E-state index contributed by atoms with van der Waals surface area (Å²) in [4.78, 5) is 188. The van der Waals surface area contributed by atoms with E-state index in [1.165, 1.54) is 85.0 Å². The molecule has 4 N–H and O–H groups in total. The second-order valence-electron chi connectivity index (χ2n) is 28.1. The largest absolute Gasteiger partial charge is 0.496 e. The Morgan fingerprint density at radius 1 is 0.576 bits per heavy atom. The van der Waals surface area contributed by atoms with Gasteiger partial charge < -0.3 is 65.2 Å². The maximum Gasteiger partial charge on any atom is 0.246 e. The number of carbonyl (C=O) groups excluding carboxylic acids is 12. The average Bonchev–Trinajstić information content (AvgIpc) is 0.809. The van der Waals surface area contributed by atoms with Crippen molar-refractivity contribution in [3.05, 3.63) is 98.6 Å². The van der Waals surface area contributed by atoms with E-state index in [0.717, 1.165) is 35.2 Å². The van der Waals surface area contributed by atoms with Crippen LogP contribution in [-0.2, 0) is 76.8 Å². The van der Waals surface area contributed by atoms with Gasteiger partial charge in [-0.1, -0.05) is 108 Å². The molecule has 25 nitrogen and oxygen atoms in total. The molecule has 2 heterocycles. The third-order valence-electron chi connectivity index (χ3n) is 19.0. The number of para-hydroxylation sites is 1. The first-order valence-electron chi connectivity index (χ1n) is 34.2. The monoisotopic (exact) mass is 1490 g/mol. The summed E-state index contributed by atoms with van der Waals surface area (Å²) in [7, 11) is 11.2. The van der Waals surface area contributed by atoms with Crippen molar-refractivity contribution in [2.75, 3.05) is 89.2 Å². The highest BCUT2D eigenvalue weighted by Crippen LogP contribution is 2.26. The van der Waals surface area contributed by atoms with Gasteiger partial charge in [-0.15, -0.1) is 0 Å². The van der Waals surface area contributed by atoms with Crippen molar-refractivity contribution in [2.45, 2.75) is 174 Å². The number of rotatable bonds is 14. The molecule has 0 bridgehead atoms. The summed E-state index contributed by atoms with van der Waals surface area (Å²) in [5.41, 5.74) is 0.992. The summed E-state index contributed by atoms with van der Waals surface area (Å²) >= 11 is 2.13. The van der Waals surface area contributed by atoms with E-state index in [4.69, 9.17) is 4.74 Å². The number of hydrogen-bond donors (Lipinski definition) is 4. The number of likely N-dealkylation sites (N-methyl/N-ethyl adjacent to an activating group) is 7. The second kappa shape index (κ2) is 37.3. The minimum absolute atomic E-state index is 0.00790. The molecule has 544 valence electrons. The molecule has 2 saturated heterocycles. The average molecular weight is 1490 g/mol. The number of nitrogens with one attached hydrogen (secondary N) is 4. The normalized spacial score (nSPS) is 23.3. The van der Waals surface area contributed by atoms with Gasteiger partial charge in [0.1, 0.15) is 53.6 Å². The Morgan fingerprint density at radius 3 is 1.79 bits per heavy atom. The van der Waals surface area contributed by atoms with Gasteiger partial charge in [0.05, 0.1) is 33.2 Å². The predicted molar refractivity (Wildman–Crippen MR) is 385 cm³/mol. The molecule has 3 aromatic rings. The predicted octanol–water partition coefficient (Wildman–Crippen LogP) is 4.22. The molecule has 2 fully saturated rings. The van der Waals surface area contributed by atoms with Crippen LogP contribution < -0.4 is 26.0 Å². The van der Waals surface area contributed by atoms with Crippen molar-refractivity contribution in [1.82, 2.24) is 60.5 Å². The lowest BCUT2D eigenvalue weighted by atomic mass is 9.95. The zero-order valence-electron chi connectivity index (χ0n) is 61.1. The van der Waals surface area contributed by atoms with Gasteiger partial charge >= 0.3 is 0 Å². The molecule has 1 unspecified atom stereocenters. The molecule has 2 aliphatic heterocycles. The molecule has 0 saturated carbocycles. The summed E-state index contributed by atoms with van der Waals surface area (Å²) in [6.45, 7) is 15.0. The fourth-order valence-electron chi connectivity index (χ4n) is 12.1. The Kier molecular flexibility index (Phi) is 30.7. The van der Waals surface area contributed by atoms with Crippen molar-refractivity contribution < 1.29 is 62.3 Å².